The molecule has 0 saturated carbocycles. The van der Waals surface area contributed by atoms with E-state index in [2.05, 4.69) is 5.32 Å². The molecule has 0 aliphatic heterocycles. The molecule has 6 heteroatoms. The monoisotopic (exact) mass is 272 g/mol. The van der Waals surface area contributed by atoms with Crippen molar-refractivity contribution in [1.82, 2.24) is 5.32 Å². The van der Waals surface area contributed by atoms with Crippen LogP contribution < -0.4 is 15.8 Å². The van der Waals surface area contributed by atoms with Crippen molar-refractivity contribution < 1.29 is 18.3 Å². The average Bonchev–Trinajstić information content (AvgIpc) is 2.39. The van der Waals surface area contributed by atoms with Gasteiger partial charge < -0.3 is 15.8 Å². The van der Waals surface area contributed by atoms with Crippen molar-refractivity contribution >= 4 is 6.41 Å². The van der Waals surface area contributed by atoms with Crippen LogP contribution in [0.2, 0.25) is 0 Å². The van der Waals surface area contributed by atoms with E-state index in [0.29, 0.717) is 12.8 Å². The fourth-order valence-electron chi connectivity index (χ4n) is 2.08. The van der Waals surface area contributed by atoms with Gasteiger partial charge in [0, 0.05) is 36.2 Å². The Morgan fingerprint density at radius 3 is 2.42 bits per heavy atom. The van der Waals surface area contributed by atoms with Crippen LogP contribution in [0.4, 0.5) is 8.78 Å². The molecule has 3 N–H and O–H groups in total. The molecule has 1 aromatic rings. The van der Waals surface area contributed by atoms with E-state index in [0.717, 1.165) is 12.1 Å². The number of hydrogen-bond donors (Lipinski definition) is 2. The topological polar surface area (TPSA) is 64.3 Å². The maximum Gasteiger partial charge on any atom is 0.207 e. The molecular formula is C13H18F2N2O2. The summed E-state index contributed by atoms with van der Waals surface area (Å²) in [5, 5.41) is 2.42. The van der Waals surface area contributed by atoms with Crippen molar-refractivity contribution in [3.8, 4) is 5.75 Å². The fourth-order valence-corrected chi connectivity index (χ4v) is 2.08. The van der Waals surface area contributed by atoms with E-state index in [9.17, 15) is 13.6 Å². The van der Waals surface area contributed by atoms with Crippen LogP contribution in [0.25, 0.3) is 0 Å². The molecule has 0 bridgehead atoms. The van der Waals surface area contributed by atoms with Gasteiger partial charge in [0.15, 0.2) is 0 Å². The molecule has 2 unspecified atom stereocenters. The summed E-state index contributed by atoms with van der Waals surface area (Å²) in [7, 11) is 1.34. The summed E-state index contributed by atoms with van der Waals surface area (Å²) in [6.45, 7) is 1.95. The van der Waals surface area contributed by atoms with Gasteiger partial charge in [0.1, 0.15) is 17.4 Å². The first-order chi connectivity index (χ1) is 9.04. The maximum absolute atomic E-state index is 14.0. The van der Waals surface area contributed by atoms with Crippen LogP contribution in [0, 0.1) is 11.6 Å². The molecule has 0 aliphatic rings. The van der Waals surface area contributed by atoms with Gasteiger partial charge in [-0.3, -0.25) is 4.79 Å². The Bertz CT molecular complexity index is 418. The number of methoxy groups -OCH3 is 1. The molecule has 19 heavy (non-hydrogen) atoms. The molecule has 2 atom stereocenters. The molecule has 0 spiro atoms. The van der Waals surface area contributed by atoms with Gasteiger partial charge in [-0.15, -0.1) is 0 Å². The molecule has 0 aliphatic carbocycles. The van der Waals surface area contributed by atoms with E-state index >= 15 is 0 Å². The summed E-state index contributed by atoms with van der Waals surface area (Å²) in [5.41, 5.74) is 5.80. The number of nitrogens with two attached hydrogens (primary N) is 1. The highest BCUT2D eigenvalue weighted by Gasteiger charge is 2.25. The molecule has 106 valence electrons. The fraction of sp³-hybridized carbons (Fsp3) is 0.462. The quantitative estimate of drug-likeness (QED) is 0.740. The molecule has 0 heterocycles. The summed E-state index contributed by atoms with van der Waals surface area (Å²) in [4.78, 5) is 10.2. The van der Waals surface area contributed by atoms with E-state index in [-0.39, 0.29) is 17.9 Å². The largest absolute Gasteiger partial charge is 0.497 e. The number of rotatable bonds is 7. The van der Waals surface area contributed by atoms with Gasteiger partial charge in [0.05, 0.1) is 7.11 Å². The lowest BCUT2D eigenvalue weighted by Gasteiger charge is -2.24. The summed E-state index contributed by atoms with van der Waals surface area (Å²) in [5.74, 6) is -1.78. The van der Waals surface area contributed by atoms with E-state index in [1.807, 2.05) is 0 Å². The standard InChI is InChI=1S/C13H18F2N2O2/c1-3-9(12(16)6-17-7-18)13-10(14)4-8(19-2)5-11(13)15/h4-5,7,9,12H,3,6,16H2,1-2H3,(H,17,18). The third-order valence-electron chi connectivity index (χ3n) is 3.05. The third kappa shape index (κ3) is 3.64. The van der Waals surface area contributed by atoms with Crippen LogP contribution in [0.15, 0.2) is 12.1 Å². The van der Waals surface area contributed by atoms with Gasteiger partial charge in [-0.2, -0.15) is 0 Å². The van der Waals surface area contributed by atoms with E-state index < -0.39 is 23.6 Å². The summed E-state index contributed by atoms with van der Waals surface area (Å²) in [6, 6.07) is 1.69. The first-order valence-electron chi connectivity index (χ1n) is 6.00. The van der Waals surface area contributed by atoms with Crippen molar-refractivity contribution in [2.45, 2.75) is 25.3 Å². The number of amides is 1. The van der Waals surface area contributed by atoms with Crippen LogP contribution in [0.1, 0.15) is 24.8 Å². The number of carbonyl (C=O) groups is 1. The number of halogens is 2. The minimum Gasteiger partial charge on any atom is -0.497 e. The molecule has 0 fully saturated rings. The second-order valence-corrected chi connectivity index (χ2v) is 4.21. The van der Waals surface area contributed by atoms with Gasteiger partial charge in [-0.25, -0.2) is 8.78 Å². The first kappa shape index (κ1) is 15.4. The zero-order valence-corrected chi connectivity index (χ0v) is 11.0. The molecular weight excluding hydrogens is 254 g/mol. The average molecular weight is 272 g/mol. The summed E-state index contributed by atoms with van der Waals surface area (Å²) in [6.07, 6.45) is 0.967. The Balaban J connectivity index is 3.07. The predicted molar refractivity (Wildman–Crippen MR) is 68.0 cm³/mol. The van der Waals surface area contributed by atoms with Gasteiger partial charge >= 0.3 is 0 Å². The molecule has 1 aromatic carbocycles. The Morgan fingerprint density at radius 1 is 1.42 bits per heavy atom. The second kappa shape index (κ2) is 7.04. The molecule has 0 saturated heterocycles. The lowest BCUT2D eigenvalue weighted by atomic mass is 9.88. The van der Waals surface area contributed by atoms with Crippen LogP contribution in [-0.2, 0) is 4.79 Å². The minimum absolute atomic E-state index is 0.0662. The zero-order chi connectivity index (χ0) is 14.4. The number of nitrogens with one attached hydrogen (secondary N) is 1. The van der Waals surface area contributed by atoms with Crippen molar-refractivity contribution in [2.24, 2.45) is 5.73 Å². The highest BCUT2D eigenvalue weighted by atomic mass is 19.1. The van der Waals surface area contributed by atoms with Crippen molar-refractivity contribution in [3.05, 3.63) is 29.3 Å². The SMILES string of the molecule is CCC(c1c(F)cc(OC)cc1F)C(N)CNC=O. The summed E-state index contributed by atoms with van der Waals surface area (Å²) >= 11 is 0. The zero-order valence-electron chi connectivity index (χ0n) is 11.0. The number of benzene rings is 1. The van der Waals surface area contributed by atoms with Crippen molar-refractivity contribution in [2.75, 3.05) is 13.7 Å². The Morgan fingerprint density at radius 2 is 2.00 bits per heavy atom. The summed E-state index contributed by atoms with van der Waals surface area (Å²) < 4.78 is 32.7. The van der Waals surface area contributed by atoms with Gasteiger partial charge in [-0.05, 0) is 6.42 Å². The number of ether oxygens (including phenoxy) is 1. The molecule has 1 amide bonds. The lowest BCUT2D eigenvalue weighted by molar-refractivity contribution is -0.109. The Labute approximate surface area is 110 Å². The second-order valence-electron chi connectivity index (χ2n) is 4.21. The highest BCUT2D eigenvalue weighted by molar-refractivity contribution is 5.46. The van der Waals surface area contributed by atoms with Crippen LogP contribution >= 0.6 is 0 Å². The number of carbonyl (C=O) groups excluding carboxylic acids is 1. The van der Waals surface area contributed by atoms with Gasteiger partial charge in [0.25, 0.3) is 0 Å². The minimum atomic E-state index is -0.690. The lowest BCUT2D eigenvalue weighted by Crippen LogP contribution is -2.38. The highest BCUT2D eigenvalue weighted by Crippen LogP contribution is 2.30. The molecule has 4 nitrogen and oxygen atoms in total. The molecule has 1 rings (SSSR count). The van der Waals surface area contributed by atoms with E-state index in [1.54, 1.807) is 6.92 Å². The normalized spacial score (nSPS) is 13.7. The molecule has 0 radical (unpaired) electrons. The molecule has 0 aromatic heterocycles. The first-order valence-corrected chi connectivity index (χ1v) is 6.00. The maximum atomic E-state index is 14.0. The van der Waals surface area contributed by atoms with Crippen molar-refractivity contribution in [1.29, 1.82) is 0 Å². The van der Waals surface area contributed by atoms with Crippen LogP contribution in [0.3, 0.4) is 0 Å². The Hall–Kier alpha value is -1.69. The van der Waals surface area contributed by atoms with Crippen LogP contribution in [-0.4, -0.2) is 26.1 Å². The van der Waals surface area contributed by atoms with E-state index in [4.69, 9.17) is 10.5 Å². The number of hydrogen-bond acceptors (Lipinski definition) is 3. The van der Waals surface area contributed by atoms with Gasteiger partial charge in [-0.1, -0.05) is 6.92 Å². The van der Waals surface area contributed by atoms with Crippen molar-refractivity contribution in [3.63, 3.8) is 0 Å². The van der Waals surface area contributed by atoms with Gasteiger partial charge in [0.2, 0.25) is 6.41 Å². The smallest absolute Gasteiger partial charge is 0.207 e. The predicted octanol–water partition coefficient (Wildman–Crippen LogP) is 1.54. The Kier molecular flexibility index (Phi) is 5.69. The third-order valence-corrected chi connectivity index (χ3v) is 3.05. The van der Waals surface area contributed by atoms with Crippen LogP contribution in [0.5, 0.6) is 5.75 Å². The van der Waals surface area contributed by atoms with E-state index in [1.165, 1.54) is 7.11 Å².